The molecular formula is C30H24Cl2N2O7S. The number of rotatable bonds is 7. The number of halogens is 2. The molecule has 3 heterocycles. The molecule has 0 aliphatic carbocycles. The Kier molecular flexibility index (Phi) is 8.40. The molecule has 0 amide bonds. The minimum absolute atomic E-state index is 0.139. The van der Waals surface area contributed by atoms with Crippen molar-refractivity contribution >= 4 is 52.6 Å². The first kappa shape index (κ1) is 29.4. The van der Waals surface area contributed by atoms with Crippen LogP contribution in [0, 0.1) is 0 Å². The number of methoxy groups -OCH3 is 1. The van der Waals surface area contributed by atoms with Gasteiger partial charge in [-0.25, -0.2) is 9.79 Å². The minimum Gasteiger partial charge on any atom is -0.493 e. The number of furan rings is 1. The molecule has 0 radical (unpaired) electrons. The zero-order valence-electron chi connectivity index (χ0n) is 22.9. The van der Waals surface area contributed by atoms with Gasteiger partial charge in [0, 0.05) is 23.6 Å². The first-order valence-corrected chi connectivity index (χ1v) is 14.3. The van der Waals surface area contributed by atoms with Gasteiger partial charge in [0.2, 0.25) is 0 Å². The number of hydrogen-bond donors (Lipinski definition) is 0. The van der Waals surface area contributed by atoms with Crippen LogP contribution in [0.5, 0.6) is 11.5 Å². The standard InChI is InChI=1S/C30H24Cl2N2O7S/c1-5-39-29(37)26-15(2)33-30-34(27(26)17-6-10-23(40-16(3)35)24(12-17)38-4)28(36)25(42-30)14-19-8-11-22(41-19)20-9-7-18(31)13-21(20)32/h6-14,27H,5H2,1-4H3. The van der Waals surface area contributed by atoms with Crippen LogP contribution < -0.4 is 24.4 Å². The van der Waals surface area contributed by atoms with Crippen LogP contribution in [0.1, 0.15) is 38.1 Å². The molecule has 0 saturated heterocycles. The van der Waals surface area contributed by atoms with Gasteiger partial charge in [-0.15, -0.1) is 0 Å². The molecule has 2 aromatic heterocycles. The summed E-state index contributed by atoms with van der Waals surface area (Å²) >= 11 is 13.5. The first-order chi connectivity index (χ1) is 20.1. The van der Waals surface area contributed by atoms with Gasteiger partial charge in [0.05, 0.1) is 40.6 Å². The minimum atomic E-state index is -0.886. The lowest BCUT2D eigenvalue weighted by Gasteiger charge is -2.25. The molecule has 1 aliphatic rings. The molecule has 5 rings (SSSR count). The fourth-order valence-electron chi connectivity index (χ4n) is 4.59. The maximum atomic E-state index is 13.9. The smallest absolute Gasteiger partial charge is 0.338 e. The van der Waals surface area contributed by atoms with E-state index >= 15 is 0 Å². The fraction of sp³-hybridized carbons (Fsp3) is 0.200. The van der Waals surface area contributed by atoms with Crippen molar-refractivity contribution in [2.24, 2.45) is 4.99 Å². The summed E-state index contributed by atoms with van der Waals surface area (Å²) in [7, 11) is 1.43. The van der Waals surface area contributed by atoms with Gasteiger partial charge >= 0.3 is 11.9 Å². The van der Waals surface area contributed by atoms with Gasteiger partial charge in [-0.05, 0) is 61.9 Å². The largest absolute Gasteiger partial charge is 0.493 e. The van der Waals surface area contributed by atoms with Crippen molar-refractivity contribution in [3.8, 4) is 22.8 Å². The highest BCUT2D eigenvalue weighted by Crippen LogP contribution is 2.36. The SMILES string of the molecule is CCOC(=O)C1=C(C)N=c2sc(=Cc3ccc(-c4ccc(Cl)cc4Cl)o3)c(=O)n2C1c1ccc(OC(C)=O)c(OC)c1. The van der Waals surface area contributed by atoms with E-state index in [0.717, 1.165) is 11.3 Å². The average molecular weight is 628 g/mol. The number of benzene rings is 2. The Morgan fingerprint density at radius 2 is 1.90 bits per heavy atom. The number of thiazole rings is 1. The molecule has 1 unspecified atom stereocenters. The van der Waals surface area contributed by atoms with Crippen LogP contribution in [0.3, 0.4) is 0 Å². The number of fused-ring (bicyclic) bond motifs is 1. The van der Waals surface area contributed by atoms with E-state index < -0.39 is 18.0 Å². The second kappa shape index (κ2) is 12.0. The molecular weight excluding hydrogens is 603 g/mol. The number of nitrogens with zero attached hydrogens (tertiary/aromatic N) is 2. The van der Waals surface area contributed by atoms with Gasteiger partial charge in [0.15, 0.2) is 16.3 Å². The molecule has 0 fully saturated rings. The lowest BCUT2D eigenvalue weighted by Crippen LogP contribution is -2.39. The maximum absolute atomic E-state index is 13.9. The Labute approximate surface area is 253 Å². The fourth-order valence-corrected chi connectivity index (χ4v) is 6.12. The Morgan fingerprint density at radius 1 is 1.12 bits per heavy atom. The summed E-state index contributed by atoms with van der Waals surface area (Å²) in [6, 6.07) is 12.5. The van der Waals surface area contributed by atoms with Gasteiger partial charge < -0.3 is 18.6 Å². The van der Waals surface area contributed by atoms with E-state index in [-0.39, 0.29) is 29.2 Å². The monoisotopic (exact) mass is 626 g/mol. The average Bonchev–Trinajstić information content (AvgIpc) is 3.52. The summed E-state index contributed by atoms with van der Waals surface area (Å²) in [4.78, 5) is 43.6. The number of ether oxygens (including phenoxy) is 3. The first-order valence-electron chi connectivity index (χ1n) is 12.7. The molecule has 9 nitrogen and oxygen atoms in total. The predicted octanol–water partition coefficient (Wildman–Crippen LogP) is 5.30. The normalized spacial score (nSPS) is 14.8. The third-order valence-electron chi connectivity index (χ3n) is 6.37. The molecule has 0 spiro atoms. The Hall–Kier alpha value is -4.12. The van der Waals surface area contributed by atoms with E-state index in [4.69, 9.17) is 41.8 Å². The molecule has 0 bridgehead atoms. The number of carbonyl (C=O) groups is 2. The highest BCUT2D eigenvalue weighted by Gasteiger charge is 2.34. The van der Waals surface area contributed by atoms with Crippen LogP contribution in [-0.2, 0) is 14.3 Å². The molecule has 12 heteroatoms. The van der Waals surface area contributed by atoms with Crippen LogP contribution in [-0.4, -0.2) is 30.2 Å². The van der Waals surface area contributed by atoms with Crippen molar-refractivity contribution in [2.45, 2.75) is 26.8 Å². The number of allylic oxidation sites excluding steroid dienone is 1. The molecule has 0 saturated carbocycles. The maximum Gasteiger partial charge on any atom is 0.338 e. The van der Waals surface area contributed by atoms with Crippen LogP contribution in [0.15, 0.2) is 74.0 Å². The van der Waals surface area contributed by atoms with Crippen LogP contribution in [0.4, 0.5) is 0 Å². The van der Waals surface area contributed by atoms with Crippen LogP contribution >= 0.6 is 34.5 Å². The second-order valence-electron chi connectivity index (χ2n) is 9.13. The highest BCUT2D eigenvalue weighted by atomic mass is 35.5. The van der Waals surface area contributed by atoms with E-state index in [9.17, 15) is 14.4 Å². The second-order valence-corrected chi connectivity index (χ2v) is 11.0. The van der Waals surface area contributed by atoms with Crippen LogP contribution in [0.2, 0.25) is 10.0 Å². The lowest BCUT2D eigenvalue weighted by atomic mass is 9.95. The third kappa shape index (κ3) is 5.65. The number of carbonyl (C=O) groups excluding carboxylic acids is 2. The molecule has 0 N–H and O–H groups in total. The Balaban J connectivity index is 1.65. The zero-order chi connectivity index (χ0) is 30.1. The van der Waals surface area contributed by atoms with Gasteiger partial charge in [0.25, 0.3) is 5.56 Å². The van der Waals surface area contributed by atoms with E-state index in [2.05, 4.69) is 4.99 Å². The predicted molar refractivity (Wildman–Crippen MR) is 159 cm³/mol. The zero-order valence-corrected chi connectivity index (χ0v) is 25.2. The van der Waals surface area contributed by atoms with Crippen molar-refractivity contribution < 1.29 is 28.2 Å². The summed E-state index contributed by atoms with van der Waals surface area (Å²) in [5.41, 5.74) is 1.42. The van der Waals surface area contributed by atoms with Crippen molar-refractivity contribution in [1.29, 1.82) is 0 Å². The molecule has 2 aromatic carbocycles. The lowest BCUT2D eigenvalue weighted by molar-refractivity contribution is -0.139. The number of hydrogen-bond acceptors (Lipinski definition) is 9. The number of aromatic nitrogens is 1. The van der Waals surface area contributed by atoms with Gasteiger partial charge in [-0.2, -0.15) is 0 Å². The summed E-state index contributed by atoms with van der Waals surface area (Å²) < 4.78 is 23.8. The Morgan fingerprint density at radius 3 is 2.60 bits per heavy atom. The van der Waals surface area contributed by atoms with Crippen molar-refractivity contribution in [3.05, 3.63) is 101 Å². The molecule has 42 heavy (non-hydrogen) atoms. The van der Waals surface area contributed by atoms with E-state index in [1.807, 2.05) is 0 Å². The summed E-state index contributed by atoms with van der Waals surface area (Å²) in [6.45, 7) is 4.81. The van der Waals surface area contributed by atoms with Gasteiger partial charge in [-0.3, -0.25) is 14.2 Å². The van der Waals surface area contributed by atoms with E-state index in [0.29, 0.717) is 47.7 Å². The van der Waals surface area contributed by atoms with Crippen molar-refractivity contribution in [1.82, 2.24) is 4.57 Å². The third-order valence-corrected chi connectivity index (χ3v) is 7.90. The summed E-state index contributed by atoms with van der Waals surface area (Å²) in [5, 5.41) is 0.933. The van der Waals surface area contributed by atoms with Crippen molar-refractivity contribution in [3.63, 3.8) is 0 Å². The highest BCUT2D eigenvalue weighted by molar-refractivity contribution is 7.07. The summed E-state index contributed by atoms with van der Waals surface area (Å²) in [6.07, 6.45) is 1.61. The van der Waals surface area contributed by atoms with Crippen LogP contribution in [0.25, 0.3) is 17.4 Å². The van der Waals surface area contributed by atoms with E-state index in [1.165, 1.54) is 18.6 Å². The molecule has 1 aliphatic heterocycles. The Bertz CT molecular complexity index is 1940. The topological polar surface area (TPSA) is 109 Å². The van der Waals surface area contributed by atoms with Gasteiger partial charge in [0.1, 0.15) is 11.5 Å². The number of esters is 2. The molecule has 4 aromatic rings. The van der Waals surface area contributed by atoms with E-state index in [1.54, 1.807) is 68.5 Å². The molecule has 216 valence electrons. The quantitative estimate of drug-likeness (QED) is 0.202. The van der Waals surface area contributed by atoms with Crippen molar-refractivity contribution in [2.75, 3.05) is 13.7 Å². The van der Waals surface area contributed by atoms with Gasteiger partial charge in [-0.1, -0.05) is 40.6 Å². The summed E-state index contributed by atoms with van der Waals surface area (Å²) in [5.74, 6) is 0.272. The molecule has 1 atom stereocenters.